The second kappa shape index (κ2) is 5.77. The Morgan fingerprint density at radius 3 is 2.19 bits per heavy atom. The van der Waals surface area contributed by atoms with Gasteiger partial charge in [-0.15, -0.1) is 0 Å². The second-order valence-electron chi connectivity index (χ2n) is 3.99. The first kappa shape index (κ1) is 14.8. The van der Waals surface area contributed by atoms with E-state index in [0.717, 1.165) is 0 Å². The van der Waals surface area contributed by atoms with Crippen LogP contribution in [0.5, 0.6) is 11.5 Å². The maximum Gasteiger partial charge on any atom is 0.317 e. The molecule has 110 valence electrons. The highest BCUT2D eigenvalue weighted by atomic mass is 32.2. The SMILES string of the molecule is NC(=O)Nc1ccc(Oc2ccc(S(N)(=O)=O)cc2)cn1. The molecule has 0 bridgehead atoms. The number of primary sulfonamides is 1. The van der Waals surface area contributed by atoms with Crippen molar-refractivity contribution < 1.29 is 17.9 Å². The average Bonchev–Trinajstić information content (AvgIpc) is 2.40. The topological polar surface area (TPSA) is 137 Å². The van der Waals surface area contributed by atoms with E-state index in [-0.39, 0.29) is 4.90 Å². The summed E-state index contributed by atoms with van der Waals surface area (Å²) in [5.41, 5.74) is 4.95. The number of nitrogens with zero attached hydrogens (tertiary/aromatic N) is 1. The van der Waals surface area contributed by atoms with E-state index < -0.39 is 16.1 Å². The minimum Gasteiger partial charge on any atom is -0.456 e. The van der Waals surface area contributed by atoms with Crippen LogP contribution in [0, 0.1) is 0 Å². The Morgan fingerprint density at radius 2 is 1.71 bits per heavy atom. The lowest BCUT2D eigenvalue weighted by Crippen LogP contribution is -2.19. The van der Waals surface area contributed by atoms with E-state index in [9.17, 15) is 13.2 Å². The van der Waals surface area contributed by atoms with Gasteiger partial charge in [-0.2, -0.15) is 0 Å². The van der Waals surface area contributed by atoms with Crippen molar-refractivity contribution in [2.75, 3.05) is 5.32 Å². The summed E-state index contributed by atoms with van der Waals surface area (Å²) in [7, 11) is -3.73. The summed E-state index contributed by atoms with van der Waals surface area (Å²) in [4.78, 5) is 14.6. The summed E-state index contributed by atoms with van der Waals surface area (Å²) < 4.78 is 27.7. The smallest absolute Gasteiger partial charge is 0.317 e. The van der Waals surface area contributed by atoms with Crippen LogP contribution < -0.4 is 20.9 Å². The molecule has 1 heterocycles. The van der Waals surface area contributed by atoms with Gasteiger partial charge in [-0.1, -0.05) is 0 Å². The van der Waals surface area contributed by atoms with Crippen molar-refractivity contribution in [3.8, 4) is 11.5 Å². The Labute approximate surface area is 120 Å². The van der Waals surface area contributed by atoms with Crippen LogP contribution in [0.15, 0.2) is 47.5 Å². The van der Waals surface area contributed by atoms with E-state index in [2.05, 4.69) is 10.3 Å². The summed E-state index contributed by atoms with van der Waals surface area (Å²) in [6.07, 6.45) is 1.39. The number of aromatic nitrogens is 1. The van der Waals surface area contributed by atoms with Crippen molar-refractivity contribution in [2.24, 2.45) is 10.9 Å². The van der Waals surface area contributed by atoms with E-state index in [0.29, 0.717) is 17.3 Å². The normalized spacial score (nSPS) is 10.9. The number of primary amides is 1. The average molecular weight is 308 g/mol. The van der Waals surface area contributed by atoms with Gasteiger partial charge in [0, 0.05) is 0 Å². The van der Waals surface area contributed by atoms with Crippen LogP contribution in [0.4, 0.5) is 10.6 Å². The zero-order valence-corrected chi connectivity index (χ0v) is 11.5. The van der Waals surface area contributed by atoms with Crippen LogP contribution in [0.3, 0.4) is 0 Å². The first-order chi connectivity index (χ1) is 9.84. The molecular formula is C12H12N4O4S. The summed E-state index contributed by atoms with van der Waals surface area (Å²) >= 11 is 0. The fourth-order valence-electron chi connectivity index (χ4n) is 1.47. The minimum atomic E-state index is -3.73. The van der Waals surface area contributed by atoms with E-state index in [1.165, 1.54) is 36.5 Å². The fraction of sp³-hybridized carbons (Fsp3) is 0. The highest BCUT2D eigenvalue weighted by molar-refractivity contribution is 7.89. The van der Waals surface area contributed by atoms with Crippen LogP contribution >= 0.6 is 0 Å². The number of benzene rings is 1. The minimum absolute atomic E-state index is 0.00557. The molecule has 0 unspecified atom stereocenters. The molecule has 2 aromatic rings. The molecule has 0 spiro atoms. The van der Waals surface area contributed by atoms with Gasteiger partial charge in [0.25, 0.3) is 0 Å². The molecule has 9 heteroatoms. The number of anilines is 1. The molecule has 5 N–H and O–H groups in total. The Balaban J connectivity index is 2.09. The van der Waals surface area contributed by atoms with E-state index in [4.69, 9.17) is 15.6 Å². The summed E-state index contributed by atoms with van der Waals surface area (Å²) in [6, 6.07) is 7.98. The van der Waals surface area contributed by atoms with E-state index >= 15 is 0 Å². The van der Waals surface area contributed by atoms with Crippen molar-refractivity contribution in [2.45, 2.75) is 4.90 Å². The molecule has 0 saturated heterocycles. The van der Waals surface area contributed by atoms with Crippen LogP contribution in [0.1, 0.15) is 0 Å². The lowest BCUT2D eigenvalue weighted by molar-refractivity contribution is 0.259. The number of hydrogen-bond donors (Lipinski definition) is 3. The molecule has 21 heavy (non-hydrogen) atoms. The summed E-state index contributed by atoms with van der Waals surface area (Å²) in [5.74, 6) is 1.12. The number of urea groups is 1. The third-order valence-electron chi connectivity index (χ3n) is 2.38. The second-order valence-corrected chi connectivity index (χ2v) is 5.55. The van der Waals surface area contributed by atoms with Crippen molar-refractivity contribution in [3.63, 3.8) is 0 Å². The van der Waals surface area contributed by atoms with Gasteiger partial charge in [-0.25, -0.2) is 23.3 Å². The van der Waals surface area contributed by atoms with Gasteiger partial charge >= 0.3 is 6.03 Å². The van der Waals surface area contributed by atoms with Gasteiger partial charge in [-0.05, 0) is 36.4 Å². The summed E-state index contributed by atoms with van der Waals surface area (Å²) in [5, 5.41) is 7.30. The van der Waals surface area contributed by atoms with Crippen molar-refractivity contribution in [1.82, 2.24) is 4.98 Å². The maximum atomic E-state index is 11.1. The maximum absolute atomic E-state index is 11.1. The van der Waals surface area contributed by atoms with Gasteiger partial charge in [-0.3, -0.25) is 5.32 Å². The standard InChI is InChI=1S/C12H12N4O4S/c13-12(17)16-11-6-3-9(7-15-11)20-8-1-4-10(5-2-8)21(14,18)19/h1-7H,(H2,14,18,19)(H3,13,15,16,17). The van der Waals surface area contributed by atoms with E-state index in [1.807, 2.05) is 0 Å². The lowest BCUT2D eigenvalue weighted by atomic mass is 10.3. The quantitative estimate of drug-likeness (QED) is 0.774. The highest BCUT2D eigenvalue weighted by Crippen LogP contribution is 2.22. The highest BCUT2D eigenvalue weighted by Gasteiger charge is 2.07. The number of rotatable bonds is 4. The van der Waals surface area contributed by atoms with Gasteiger partial charge in [0.1, 0.15) is 17.3 Å². The van der Waals surface area contributed by atoms with Gasteiger partial charge < -0.3 is 10.5 Å². The van der Waals surface area contributed by atoms with Crippen molar-refractivity contribution in [1.29, 1.82) is 0 Å². The molecule has 0 saturated carbocycles. The number of hydrogen-bond acceptors (Lipinski definition) is 5. The Hall–Kier alpha value is -2.65. The van der Waals surface area contributed by atoms with Crippen LogP contribution in [-0.2, 0) is 10.0 Å². The molecule has 0 aliphatic carbocycles. The molecule has 8 nitrogen and oxygen atoms in total. The molecule has 0 atom stereocenters. The number of ether oxygens (including phenoxy) is 1. The van der Waals surface area contributed by atoms with E-state index in [1.54, 1.807) is 6.07 Å². The molecule has 0 fully saturated rings. The number of nitrogens with two attached hydrogens (primary N) is 2. The predicted octanol–water partition coefficient (Wildman–Crippen LogP) is 1.01. The van der Waals surface area contributed by atoms with Gasteiger partial charge in [0.2, 0.25) is 10.0 Å². The molecule has 2 rings (SSSR count). The number of carbonyl (C=O) groups excluding carboxylic acids is 1. The van der Waals surface area contributed by atoms with Gasteiger partial charge in [0.15, 0.2) is 0 Å². The van der Waals surface area contributed by atoms with Crippen molar-refractivity contribution in [3.05, 3.63) is 42.6 Å². The van der Waals surface area contributed by atoms with Crippen molar-refractivity contribution >= 4 is 21.9 Å². The molecule has 0 aliphatic rings. The molecule has 0 radical (unpaired) electrons. The summed E-state index contributed by atoms with van der Waals surface area (Å²) in [6.45, 7) is 0. The molecule has 1 aromatic heterocycles. The largest absolute Gasteiger partial charge is 0.456 e. The number of nitrogens with one attached hydrogen (secondary N) is 1. The molecule has 1 aromatic carbocycles. The number of carbonyl (C=O) groups is 1. The number of amides is 2. The molecular weight excluding hydrogens is 296 g/mol. The molecule has 0 aliphatic heterocycles. The Kier molecular flexibility index (Phi) is 4.05. The Morgan fingerprint density at radius 1 is 1.10 bits per heavy atom. The third-order valence-corrected chi connectivity index (χ3v) is 3.30. The predicted molar refractivity (Wildman–Crippen MR) is 75.3 cm³/mol. The number of sulfonamides is 1. The first-order valence-electron chi connectivity index (χ1n) is 5.68. The third kappa shape index (κ3) is 4.16. The monoisotopic (exact) mass is 308 g/mol. The first-order valence-corrected chi connectivity index (χ1v) is 7.22. The van der Waals surface area contributed by atoms with Crippen LogP contribution in [0.25, 0.3) is 0 Å². The van der Waals surface area contributed by atoms with Gasteiger partial charge in [0.05, 0.1) is 11.1 Å². The zero-order chi connectivity index (χ0) is 15.5. The van der Waals surface area contributed by atoms with Crippen LogP contribution in [-0.4, -0.2) is 19.4 Å². The fourth-order valence-corrected chi connectivity index (χ4v) is 1.99. The zero-order valence-electron chi connectivity index (χ0n) is 10.7. The van der Waals surface area contributed by atoms with Crippen LogP contribution in [0.2, 0.25) is 0 Å². The number of pyridine rings is 1. The molecule has 2 amide bonds. The lowest BCUT2D eigenvalue weighted by Gasteiger charge is -2.07. The Bertz CT molecular complexity index is 742.